The summed E-state index contributed by atoms with van der Waals surface area (Å²) in [7, 11) is 0. The minimum atomic E-state index is -0.341. The number of benzene rings is 1. The maximum absolute atomic E-state index is 12.2. The van der Waals surface area contributed by atoms with E-state index in [-0.39, 0.29) is 11.9 Å². The molecule has 1 unspecified atom stereocenters. The molecule has 0 bridgehead atoms. The van der Waals surface area contributed by atoms with E-state index < -0.39 is 0 Å². The molecule has 5 heteroatoms. The third-order valence-corrected chi connectivity index (χ3v) is 4.12. The summed E-state index contributed by atoms with van der Waals surface area (Å²) in [6, 6.07) is 11.4. The molecule has 0 radical (unpaired) electrons. The summed E-state index contributed by atoms with van der Waals surface area (Å²) in [5, 5.41) is 5.92. The molecule has 4 rings (SSSR count). The lowest BCUT2D eigenvalue weighted by molar-refractivity contribution is -0.116. The van der Waals surface area contributed by atoms with Gasteiger partial charge in [0.2, 0.25) is 0 Å². The van der Waals surface area contributed by atoms with Gasteiger partial charge in [-0.3, -0.25) is 4.79 Å². The van der Waals surface area contributed by atoms with Gasteiger partial charge in [-0.1, -0.05) is 30.4 Å². The first kappa shape index (κ1) is 15.2. The van der Waals surface area contributed by atoms with Gasteiger partial charge in [0.05, 0.1) is 5.69 Å². The second-order valence-corrected chi connectivity index (χ2v) is 6.05. The van der Waals surface area contributed by atoms with Crippen LogP contribution in [-0.2, 0) is 4.79 Å². The first-order valence-electron chi connectivity index (χ1n) is 8.15. The molecule has 2 aromatic heterocycles. The Morgan fingerprint density at radius 3 is 2.72 bits per heavy atom. The molecule has 1 amide bonds. The molecular formula is C20H18N4O. The highest BCUT2D eigenvalue weighted by atomic mass is 16.2. The fraction of sp³-hybridized carbons (Fsp3) is 0.100. The first-order valence-corrected chi connectivity index (χ1v) is 8.15. The zero-order valence-electron chi connectivity index (χ0n) is 13.8. The largest absolute Gasteiger partial charge is 0.377 e. The number of aromatic nitrogens is 2. The van der Waals surface area contributed by atoms with E-state index in [0.29, 0.717) is 0 Å². The molecule has 1 atom stereocenters. The summed E-state index contributed by atoms with van der Waals surface area (Å²) in [4.78, 5) is 16.8. The quantitative estimate of drug-likeness (QED) is 0.775. The molecule has 3 heterocycles. The third kappa shape index (κ3) is 3.17. The summed E-state index contributed by atoms with van der Waals surface area (Å²) in [5.41, 5.74) is 4.79. The van der Waals surface area contributed by atoms with Crippen molar-refractivity contribution in [2.75, 3.05) is 5.32 Å². The molecule has 1 aromatic carbocycles. The number of nitrogens with one attached hydrogen (secondary N) is 2. The van der Waals surface area contributed by atoms with Gasteiger partial charge in [-0.15, -0.1) is 0 Å². The summed E-state index contributed by atoms with van der Waals surface area (Å²) in [6.07, 6.45) is 11.4. The van der Waals surface area contributed by atoms with Crippen molar-refractivity contribution >= 4 is 17.2 Å². The van der Waals surface area contributed by atoms with Crippen LogP contribution in [0.5, 0.6) is 0 Å². The van der Waals surface area contributed by atoms with Crippen LogP contribution in [0.4, 0.5) is 5.69 Å². The lowest BCUT2D eigenvalue weighted by Gasteiger charge is -2.15. The van der Waals surface area contributed by atoms with Gasteiger partial charge in [0.1, 0.15) is 11.7 Å². The number of rotatable bonds is 3. The second kappa shape index (κ2) is 6.28. The fourth-order valence-corrected chi connectivity index (χ4v) is 2.80. The molecule has 3 aromatic rings. The lowest BCUT2D eigenvalue weighted by atomic mass is 10.1. The number of carbonyl (C=O) groups is 1. The number of anilines is 1. The van der Waals surface area contributed by atoms with E-state index in [1.54, 1.807) is 6.20 Å². The van der Waals surface area contributed by atoms with E-state index in [0.717, 1.165) is 22.6 Å². The van der Waals surface area contributed by atoms with Crippen molar-refractivity contribution in [3.05, 3.63) is 78.8 Å². The predicted octanol–water partition coefficient (Wildman–Crippen LogP) is 3.29. The Hall–Kier alpha value is -3.34. The predicted molar refractivity (Wildman–Crippen MR) is 99.2 cm³/mol. The summed E-state index contributed by atoms with van der Waals surface area (Å²) >= 11 is 0. The van der Waals surface area contributed by atoms with Crippen LogP contribution in [-0.4, -0.2) is 21.3 Å². The second-order valence-electron chi connectivity index (χ2n) is 6.05. The first-order chi connectivity index (χ1) is 12.2. The average Bonchev–Trinajstić information content (AvgIpc) is 3.06. The van der Waals surface area contributed by atoms with Crippen molar-refractivity contribution < 1.29 is 4.79 Å². The molecule has 25 heavy (non-hydrogen) atoms. The highest BCUT2D eigenvalue weighted by Gasteiger charge is 2.14. The van der Waals surface area contributed by atoms with E-state index in [1.165, 1.54) is 5.56 Å². The van der Waals surface area contributed by atoms with Crippen LogP contribution in [0.15, 0.2) is 73.2 Å². The maximum Gasteiger partial charge on any atom is 0.250 e. The molecule has 2 N–H and O–H groups in total. The van der Waals surface area contributed by atoms with E-state index in [1.807, 2.05) is 65.2 Å². The Bertz CT molecular complexity index is 983. The normalized spacial score (nSPS) is 16.0. The Morgan fingerprint density at radius 1 is 1.12 bits per heavy atom. The van der Waals surface area contributed by atoms with Gasteiger partial charge in [0, 0.05) is 23.6 Å². The number of hydrogen-bond acceptors (Lipinski definition) is 3. The Balaban J connectivity index is 1.51. The van der Waals surface area contributed by atoms with Gasteiger partial charge in [-0.2, -0.15) is 0 Å². The number of imidazole rings is 1. The zero-order chi connectivity index (χ0) is 17.2. The number of fused-ring (bicyclic) bond motifs is 1. The standard InChI is InChI=1S/C20H18N4O/c1-14-5-10-19-23-18(13-24(19)12-14)15-6-8-16(9-7-15)22-20(25)17-4-2-3-11-21-17/h2-13,17,21H,1H3,(H,22,25). The van der Waals surface area contributed by atoms with Crippen LogP contribution in [0, 0.1) is 6.92 Å². The monoisotopic (exact) mass is 330 g/mol. The zero-order valence-corrected chi connectivity index (χ0v) is 13.8. The van der Waals surface area contributed by atoms with E-state index in [9.17, 15) is 4.79 Å². The van der Waals surface area contributed by atoms with Crippen molar-refractivity contribution in [1.29, 1.82) is 0 Å². The molecule has 1 aliphatic rings. The van der Waals surface area contributed by atoms with Gasteiger partial charge in [-0.05, 0) is 43.0 Å². The highest BCUT2D eigenvalue weighted by Crippen LogP contribution is 2.21. The molecule has 0 fully saturated rings. The van der Waals surface area contributed by atoms with Crippen molar-refractivity contribution in [1.82, 2.24) is 14.7 Å². The lowest BCUT2D eigenvalue weighted by Crippen LogP contribution is -2.37. The molecule has 0 spiro atoms. The number of dihydropyridines is 1. The van der Waals surface area contributed by atoms with Crippen LogP contribution >= 0.6 is 0 Å². The van der Waals surface area contributed by atoms with Crippen LogP contribution in [0.1, 0.15) is 5.56 Å². The molecule has 0 saturated carbocycles. The molecule has 5 nitrogen and oxygen atoms in total. The van der Waals surface area contributed by atoms with Crippen molar-refractivity contribution in [3.63, 3.8) is 0 Å². The number of pyridine rings is 1. The van der Waals surface area contributed by atoms with Gasteiger partial charge in [0.15, 0.2) is 0 Å². The van der Waals surface area contributed by atoms with Crippen LogP contribution in [0.25, 0.3) is 16.9 Å². The van der Waals surface area contributed by atoms with Crippen molar-refractivity contribution in [3.8, 4) is 11.3 Å². The summed E-state index contributed by atoms with van der Waals surface area (Å²) in [6.45, 7) is 2.06. The molecule has 0 saturated heterocycles. The fourth-order valence-electron chi connectivity index (χ4n) is 2.80. The minimum Gasteiger partial charge on any atom is -0.377 e. The number of allylic oxidation sites excluding steroid dienone is 2. The van der Waals surface area contributed by atoms with Crippen molar-refractivity contribution in [2.45, 2.75) is 13.0 Å². The van der Waals surface area contributed by atoms with E-state index >= 15 is 0 Å². The number of carbonyl (C=O) groups excluding carboxylic acids is 1. The number of nitrogens with zero attached hydrogens (tertiary/aromatic N) is 2. The Kier molecular flexibility index (Phi) is 3.82. The number of amides is 1. The SMILES string of the molecule is Cc1ccc2nc(-c3ccc(NC(=O)C4C=CC=CN4)cc3)cn2c1. The smallest absolute Gasteiger partial charge is 0.250 e. The molecule has 124 valence electrons. The average molecular weight is 330 g/mol. The number of hydrogen-bond donors (Lipinski definition) is 2. The summed E-state index contributed by atoms with van der Waals surface area (Å²) in [5.74, 6) is -0.0865. The highest BCUT2D eigenvalue weighted by molar-refractivity contribution is 5.96. The van der Waals surface area contributed by atoms with Gasteiger partial charge < -0.3 is 15.0 Å². The Morgan fingerprint density at radius 2 is 1.96 bits per heavy atom. The molecular weight excluding hydrogens is 312 g/mol. The molecule has 0 aliphatic carbocycles. The topological polar surface area (TPSA) is 58.4 Å². The third-order valence-electron chi connectivity index (χ3n) is 4.12. The number of aryl methyl sites for hydroxylation is 1. The van der Waals surface area contributed by atoms with E-state index in [4.69, 9.17) is 0 Å². The molecule has 1 aliphatic heterocycles. The van der Waals surface area contributed by atoms with Gasteiger partial charge in [-0.25, -0.2) is 4.98 Å². The maximum atomic E-state index is 12.2. The van der Waals surface area contributed by atoms with Crippen LogP contribution in [0.2, 0.25) is 0 Å². The van der Waals surface area contributed by atoms with Gasteiger partial charge >= 0.3 is 0 Å². The Labute approximate surface area is 145 Å². The summed E-state index contributed by atoms with van der Waals surface area (Å²) < 4.78 is 2.02. The van der Waals surface area contributed by atoms with Crippen LogP contribution in [0.3, 0.4) is 0 Å². The van der Waals surface area contributed by atoms with E-state index in [2.05, 4.69) is 28.7 Å². The van der Waals surface area contributed by atoms with Crippen molar-refractivity contribution in [2.24, 2.45) is 0 Å². The van der Waals surface area contributed by atoms with Gasteiger partial charge in [0.25, 0.3) is 5.91 Å². The minimum absolute atomic E-state index is 0.0865. The van der Waals surface area contributed by atoms with Crippen LogP contribution < -0.4 is 10.6 Å².